The molecular formula is C25H30ClNO3. The Labute approximate surface area is 184 Å². The molecule has 3 rings (SSSR count). The first-order valence-corrected chi connectivity index (χ1v) is 11.0. The van der Waals surface area contributed by atoms with E-state index in [-0.39, 0.29) is 5.92 Å². The third kappa shape index (κ3) is 6.89. The molecule has 2 aromatic carbocycles. The number of hydrogen-bond acceptors (Lipinski definition) is 4. The number of rotatable bonds is 11. The van der Waals surface area contributed by atoms with Gasteiger partial charge in [-0.05, 0) is 60.9 Å². The number of hydrogen-bond donors (Lipinski definition) is 1. The zero-order valence-corrected chi connectivity index (χ0v) is 18.3. The molecule has 0 bridgehead atoms. The van der Waals surface area contributed by atoms with Gasteiger partial charge in [0.15, 0.2) is 0 Å². The van der Waals surface area contributed by atoms with E-state index in [1.165, 1.54) is 22.3 Å². The summed E-state index contributed by atoms with van der Waals surface area (Å²) in [6.45, 7) is 3.86. The van der Waals surface area contributed by atoms with Crippen LogP contribution in [0.1, 0.15) is 42.9 Å². The molecule has 0 aromatic heterocycles. The molecule has 1 unspecified atom stereocenters. The van der Waals surface area contributed by atoms with Gasteiger partial charge in [0.05, 0.1) is 12.5 Å². The van der Waals surface area contributed by atoms with Crippen LogP contribution in [0.3, 0.4) is 0 Å². The summed E-state index contributed by atoms with van der Waals surface area (Å²) >= 11 is 5.12. The van der Waals surface area contributed by atoms with E-state index in [4.69, 9.17) is 16.6 Å². The molecule has 0 saturated heterocycles. The van der Waals surface area contributed by atoms with Crippen molar-refractivity contribution in [2.75, 3.05) is 19.7 Å². The lowest BCUT2D eigenvalue weighted by atomic mass is 9.92. The van der Waals surface area contributed by atoms with E-state index >= 15 is 0 Å². The summed E-state index contributed by atoms with van der Waals surface area (Å²) in [6, 6.07) is 17.0. The molecule has 1 atom stereocenters. The first kappa shape index (κ1) is 22.4. The van der Waals surface area contributed by atoms with E-state index in [0.717, 1.165) is 51.0 Å². The average molecular weight is 428 g/mol. The first-order chi connectivity index (χ1) is 14.7. The molecular weight excluding hydrogens is 398 g/mol. The summed E-state index contributed by atoms with van der Waals surface area (Å²) in [5.41, 5.74) is 5.31. The molecule has 0 heterocycles. The molecule has 160 valence electrons. The van der Waals surface area contributed by atoms with Gasteiger partial charge in [-0.25, -0.2) is 0 Å². The fourth-order valence-corrected chi connectivity index (χ4v) is 3.78. The van der Waals surface area contributed by atoms with Gasteiger partial charge < -0.3 is 14.3 Å². The highest BCUT2D eigenvalue weighted by molar-refractivity contribution is 6.13. The van der Waals surface area contributed by atoms with Gasteiger partial charge in [-0.2, -0.15) is 0 Å². The van der Waals surface area contributed by atoms with E-state index in [0.29, 0.717) is 6.54 Å². The maximum absolute atomic E-state index is 11.3. The highest BCUT2D eigenvalue weighted by Crippen LogP contribution is 2.27. The second-order valence-electron chi connectivity index (χ2n) is 7.88. The summed E-state index contributed by atoms with van der Waals surface area (Å²) in [7, 11) is 0. The maximum Gasteiger partial charge on any atom is 0.328 e. The van der Waals surface area contributed by atoms with Gasteiger partial charge in [-0.15, -0.1) is 0 Å². The minimum absolute atomic E-state index is 0.258. The van der Waals surface area contributed by atoms with Gasteiger partial charge >= 0.3 is 5.97 Å². The van der Waals surface area contributed by atoms with Gasteiger partial charge in [0.2, 0.25) is 0 Å². The van der Waals surface area contributed by atoms with Gasteiger partial charge in [0, 0.05) is 13.1 Å². The number of unbranched alkanes of at least 4 members (excludes halogenated alkanes) is 1. The molecule has 30 heavy (non-hydrogen) atoms. The average Bonchev–Trinajstić information content (AvgIpc) is 2.78. The molecule has 2 aromatic rings. The van der Waals surface area contributed by atoms with Crippen molar-refractivity contribution in [2.24, 2.45) is 5.92 Å². The van der Waals surface area contributed by atoms with Crippen molar-refractivity contribution in [1.82, 2.24) is 5.32 Å². The van der Waals surface area contributed by atoms with Crippen molar-refractivity contribution in [3.63, 3.8) is 0 Å². The predicted molar refractivity (Wildman–Crippen MR) is 122 cm³/mol. The largest absolute Gasteiger partial charge is 0.494 e. The molecule has 5 heteroatoms. The Balaban J connectivity index is 1.41. The highest BCUT2D eigenvalue weighted by Gasteiger charge is 2.15. The van der Waals surface area contributed by atoms with Crippen LogP contribution in [0.15, 0.2) is 54.1 Å². The quantitative estimate of drug-likeness (QED) is 0.491. The second kappa shape index (κ2) is 11.8. The Morgan fingerprint density at radius 3 is 2.77 bits per heavy atom. The maximum atomic E-state index is 11.3. The van der Waals surface area contributed by atoms with Crippen LogP contribution < -0.4 is 10.1 Å². The van der Waals surface area contributed by atoms with Crippen molar-refractivity contribution in [3.05, 3.63) is 70.8 Å². The fraction of sp³-hybridized carbons (Fsp3) is 0.400. The summed E-state index contributed by atoms with van der Waals surface area (Å²) in [5.74, 6) is 0.294. The lowest BCUT2D eigenvalue weighted by Gasteiger charge is -2.19. The van der Waals surface area contributed by atoms with Gasteiger partial charge in [0.25, 0.3) is 0 Å². The van der Waals surface area contributed by atoms with Crippen LogP contribution in [0.5, 0.6) is 5.75 Å². The smallest absolute Gasteiger partial charge is 0.328 e. The van der Waals surface area contributed by atoms with E-state index in [1.807, 2.05) is 0 Å². The third-order valence-electron chi connectivity index (χ3n) is 5.44. The van der Waals surface area contributed by atoms with Gasteiger partial charge in [0.1, 0.15) is 17.6 Å². The molecule has 0 amide bonds. The number of aryl methyl sites for hydroxylation is 2. The molecule has 1 aliphatic carbocycles. The van der Waals surface area contributed by atoms with E-state index in [2.05, 4.69) is 64.2 Å². The molecule has 1 aliphatic rings. The van der Waals surface area contributed by atoms with E-state index in [1.54, 1.807) is 6.92 Å². The number of carbonyl (C=O) groups excluding carboxylic acids is 1. The number of benzene rings is 2. The second-order valence-corrected chi connectivity index (χ2v) is 8.04. The van der Waals surface area contributed by atoms with Crippen LogP contribution in [0, 0.1) is 5.92 Å². The molecule has 0 fully saturated rings. The topological polar surface area (TPSA) is 47.6 Å². The number of fused-ring (bicyclic) bond motifs is 1. The predicted octanol–water partition coefficient (Wildman–Crippen LogP) is 5.34. The van der Waals surface area contributed by atoms with Crippen LogP contribution in [0.2, 0.25) is 0 Å². The monoisotopic (exact) mass is 427 g/mol. The third-order valence-corrected chi connectivity index (χ3v) is 5.59. The molecule has 0 saturated carbocycles. The summed E-state index contributed by atoms with van der Waals surface area (Å²) in [5, 5.41) is 3.31. The first-order valence-electron chi connectivity index (χ1n) is 10.7. The Kier molecular flexibility index (Phi) is 8.79. The highest BCUT2D eigenvalue weighted by atomic mass is 35.5. The van der Waals surface area contributed by atoms with Crippen LogP contribution >= 0.6 is 11.9 Å². The minimum Gasteiger partial charge on any atom is -0.494 e. The standard InChI is InChI=1S/C25H30ClNO3/c1-19(25(28)30-26)17-27-18-21-10-11-23-16-24(13-12-22(23)15-21)29-14-6-5-9-20-7-3-2-4-8-20/h2-4,7-8,12-13,15-16,19,27H,5-6,9-11,14,17-18H2,1H3. The molecule has 1 N–H and O–H groups in total. The number of halogens is 1. The molecule has 4 nitrogen and oxygen atoms in total. The molecule has 0 aliphatic heterocycles. The molecule has 0 radical (unpaired) electrons. The number of ether oxygens (including phenoxy) is 1. The van der Waals surface area contributed by atoms with E-state index in [9.17, 15) is 4.79 Å². The summed E-state index contributed by atoms with van der Waals surface area (Å²) in [6.07, 6.45) is 7.54. The van der Waals surface area contributed by atoms with Crippen LogP contribution in [-0.4, -0.2) is 25.7 Å². The van der Waals surface area contributed by atoms with Crippen LogP contribution in [-0.2, 0) is 21.9 Å². The van der Waals surface area contributed by atoms with Crippen LogP contribution in [0.4, 0.5) is 0 Å². The SMILES string of the molecule is CC(CNCC1=Cc2ccc(OCCCCc3ccccc3)cc2CC1)C(=O)OCl. The lowest BCUT2D eigenvalue weighted by molar-refractivity contribution is -0.137. The Morgan fingerprint density at radius 2 is 1.97 bits per heavy atom. The number of carbonyl (C=O) groups is 1. The summed E-state index contributed by atoms with van der Waals surface area (Å²) < 4.78 is 10.2. The fourth-order valence-electron chi connectivity index (χ4n) is 3.63. The Hall–Kier alpha value is -2.30. The zero-order valence-electron chi connectivity index (χ0n) is 17.5. The zero-order chi connectivity index (χ0) is 21.2. The van der Waals surface area contributed by atoms with Crippen molar-refractivity contribution in [3.8, 4) is 5.75 Å². The van der Waals surface area contributed by atoms with Crippen molar-refractivity contribution in [2.45, 2.75) is 39.0 Å². The number of nitrogens with one attached hydrogen (secondary N) is 1. The lowest BCUT2D eigenvalue weighted by Crippen LogP contribution is -2.28. The van der Waals surface area contributed by atoms with Crippen LogP contribution in [0.25, 0.3) is 6.08 Å². The minimum atomic E-state index is -0.403. The van der Waals surface area contributed by atoms with Gasteiger partial charge in [-0.1, -0.05) is 55.0 Å². The Bertz CT molecular complexity index is 851. The van der Waals surface area contributed by atoms with Gasteiger partial charge in [-0.3, -0.25) is 4.79 Å². The van der Waals surface area contributed by atoms with Crippen molar-refractivity contribution in [1.29, 1.82) is 0 Å². The van der Waals surface area contributed by atoms with Crippen molar-refractivity contribution < 1.29 is 13.8 Å². The van der Waals surface area contributed by atoms with E-state index < -0.39 is 5.97 Å². The normalized spacial score (nSPS) is 13.9. The van der Waals surface area contributed by atoms with Crippen molar-refractivity contribution >= 4 is 23.9 Å². The molecule has 0 spiro atoms. The summed E-state index contributed by atoms with van der Waals surface area (Å²) in [4.78, 5) is 11.3. The Morgan fingerprint density at radius 1 is 1.13 bits per heavy atom.